The molecule has 1 amide bonds. The van der Waals surface area contributed by atoms with Crippen molar-refractivity contribution in [3.63, 3.8) is 0 Å². The predicted molar refractivity (Wildman–Crippen MR) is 165 cm³/mol. The average Bonchev–Trinajstić information content (AvgIpc) is 3.79. The van der Waals surface area contributed by atoms with Gasteiger partial charge in [-0.1, -0.05) is 24.2 Å². The first-order chi connectivity index (χ1) is 20.7. The molecule has 3 N–H and O–H groups in total. The topological polar surface area (TPSA) is 137 Å². The van der Waals surface area contributed by atoms with Gasteiger partial charge in [0.2, 0.25) is 6.34 Å². The summed E-state index contributed by atoms with van der Waals surface area (Å²) in [5.74, 6) is -2.32. The van der Waals surface area contributed by atoms with Crippen LogP contribution in [0.25, 0.3) is 11.3 Å². The Balaban J connectivity index is 0.00000276. The predicted octanol–water partition coefficient (Wildman–Crippen LogP) is 1.74. The van der Waals surface area contributed by atoms with Crippen molar-refractivity contribution in [1.82, 2.24) is 9.88 Å². The third-order valence-electron chi connectivity index (χ3n) is 8.05. The number of nitrogens with two attached hydrogens (primary N) is 1. The van der Waals surface area contributed by atoms with Crippen LogP contribution in [-0.2, 0) is 10.3 Å². The summed E-state index contributed by atoms with van der Waals surface area (Å²) in [6, 6.07) is 11.9. The third kappa shape index (κ3) is 7.66. The number of quaternary nitrogens is 1. The molecule has 0 bridgehead atoms. The second-order valence-corrected chi connectivity index (χ2v) is 11.6. The summed E-state index contributed by atoms with van der Waals surface area (Å²) < 4.78 is 35.1. The van der Waals surface area contributed by atoms with E-state index in [1.807, 2.05) is 5.38 Å². The number of benzene rings is 2. The lowest BCUT2D eigenvalue weighted by molar-refractivity contribution is -0.848. The molecule has 45 heavy (non-hydrogen) atoms. The maximum absolute atomic E-state index is 15.3. The lowest BCUT2D eigenvalue weighted by atomic mass is 9.81. The van der Waals surface area contributed by atoms with Gasteiger partial charge in [0, 0.05) is 41.6 Å². The Morgan fingerprint density at radius 2 is 2.07 bits per heavy atom. The molecule has 4 atom stereocenters. The first kappa shape index (κ1) is 36.0. The molecule has 0 spiro atoms. The van der Waals surface area contributed by atoms with Crippen LogP contribution in [0.15, 0.2) is 57.9 Å². The van der Waals surface area contributed by atoms with E-state index in [0.29, 0.717) is 29.4 Å². The van der Waals surface area contributed by atoms with Gasteiger partial charge in [-0.2, -0.15) is 10.3 Å². The Morgan fingerprint density at radius 3 is 2.73 bits per heavy atom. The molecular formula is C30H33Cl2F2N7O3S. The number of aliphatic imine (C=N–C) groups is 1. The van der Waals surface area contributed by atoms with Crippen LogP contribution >= 0.6 is 23.7 Å². The van der Waals surface area contributed by atoms with Gasteiger partial charge >= 0.3 is 6.09 Å². The fourth-order valence-electron chi connectivity index (χ4n) is 5.53. The van der Waals surface area contributed by atoms with E-state index < -0.39 is 29.2 Å². The molecule has 2 aliphatic heterocycles. The van der Waals surface area contributed by atoms with Gasteiger partial charge in [-0.15, -0.1) is 28.3 Å². The number of nitrogens with zero attached hydrogens (tertiary/aromatic N) is 6. The Hall–Kier alpha value is -3.51. The van der Waals surface area contributed by atoms with Gasteiger partial charge in [-0.25, -0.2) is 18.6 Å². The molecule has 240 valence electrons. The smallest absolute Gasteiger partial charge is 0.410 e. The highest BCUT2D eigenvalue weighted by atomic mass is 35.5. The van der Waals surface area contributed by atoms with Gasteiger partial charge in [0.25, 0.3) is 0 Å². The molecule has 0 saturated carbocycles. The molecule has 0 radical (unpaired) electrons. The molecule has 1 aromatic heterocycles. The highest BCUT2D eigenvalue weighted by molar-refractivity contribution is 7.10. The molecule has 15 heteroatoms. The van der Waals surface area contributed by atoms with Crippen LogP contribution in [0.1, 0.15) is 41.8 Å². The van der Waals surface area contributed by atoms with Crippen molar-refractivity contribution in [2.24, 2.45) is 15.8 Å². The number of rotatable bonds is 10. The fourth-order valence-corrected chi connectivity index (χ4v) is 6.50. The summed E-state index contributed by atoms with van der Waals surface area (Å²) in [7, 11) is 0. The van der Waals surface area contributed by atoms with E-state index >= 15 is 4.39 Å². The summed E-state index contributed by atoms with van der Waals surface area (Å²) in [6.07, 6.45) is 3.97. The standard InChI is InChI=1S/C30H32F2N7O3S.2ClH/c1-20(28-37-27(16-43-28)22-6-4-21(14-33)5-7-22)30(41,25-13-23(31)8-9-26(25)32)17-39(19-35-18-36-39)11-12-42-29(40)38-10-2-3-24(38)15-34;;/h4-9,13,16,18-20,24,41H,2-3,10-12,15,17,34H2,1H3;2*1H/q+1;;/p-1/t20-,24-,30+,39?;;/m0../s1. The number of hydrogen-bond acceptors (Lipinski definition) is 9. The number of aliphatic hydroxyl groups is 1. The molecule has 3 aromatic rings. The summed E-state index contributed by atoms with van der Waals surface area (Å²) in [5, 5.41) is 28.2. The quantitative estimate of drug-likeness (QED) is 0.313. The van der Waals surface area contributed by atoms with E-state index in [2.05, 4.69) is 16.2 Å². The van der Waals surface area contributed by atoms with Crippen molar-refractivity contribution in [1.29, 1.82) is 5.26 Å². The number of aromatic nitrogens is 1. The number of likely N-dealkylation sites (tertiary alicyclic amines) is 1. The summed E-state index contributed by atoms with van der Waals surface area (Å²) in [4.78, 5) is 23.2. The van der Waals surface area contributed by atoms with Crippen LogP contribution in [0, 0.1) is 23.0 Å². The first-order valence-corrected chi connectivity index (χ1v) is 14.8. The Kier molecular flexibility index (Phi) is 12.1. The molecule has 10 nitrogen and oxygen atoms in total. The Labute approximate surface area is 276 Å². The minimum absolute atomic E-state index is 0. The van der Waals surface area contributed by atoms with E-state index in [-0.39, 0.29) is 60.7 Å². The van der Waals surface area contributed by atoms with Crippen molar-refractivity contribution in [2.75, 3.05) is 32.8 Å². The monoisotopic (exact) mass is 679 g/mol. The molecule has 3 heterocycles. The number of carbonyl (C=O) groups is 1. The number of hydrogen-bond donors (Lipinski definition) is 2. The van der Waals surface area contributed by atoms with Gasteiger partial charge in [-0.3, -0.25) is 0 Å². The van der Waals surface area contributed by atoms with E-state index in [4.69, 9.17) is 20.7 Å². The normalized spacial score (nSPS) is 20.5. The SMILES string of the molecule is C[C@@H](c1nc(-c2ccc(C#N)cc2)cs1)[C@](O)(C[N+]1(CCOC(=O)N2CCC[C@H]2CN)C=NC=N1)c1cc(F)ccc1F.Cl.[Cl-]. The molecule has 1 unspecified atom stereocenters. The van der Waals surface area contributed by atoms with Crippen LogP contribution in [0.5, 0.6) is 0 Å². The summed E-state index contributed by atoms with van der Waals surface area (Å²) >= 11 is 1.27. The highest BCUT2D eigenvalue weighted by Gasteiger charge is 2.49. The van der Waals surface area contributed by atoms with Crippen LogP contribution in [0.4, 0.5) is 13.6 Å². The molecule has 5 rings (SSSR count). The second kappa shape index (κ2) is 15.2. The van der Waals surface area contributed by atoms with Crippen LogP contribution < -0.4 is 18.1 Å². The van der Waals surface area contributed by atoms with Crippen molar-refractivity contribution < 1.29 is 40.4 Å². The zero-order valence-corrected chi connectivity index (χ0v) is 26.7. The van der Waals surface area contributed by atoms with Gasteiger partial charge in [0.1, 0.15) is 31.3 Å². The summed E-state index contributed by atoms with van der Waals surface area (Å²) in [6.45, 7) is 2.39. The average molecular weight is 681 g/mol. The van der Waals surface area contributed by atoms with E-state index in [0.717, 1.165) is 36.6 Å². The zero-order chi connectivity index (χ0) is 30.6. The molecule has 2 aromatic carbocycles. The zero-order valence-electron chi connectivity index (χ0n) is 24.4. The van der Waals surface area contributed by atoms with Gasteiger partial charge in [0.15, 0.2) is 11.9 Å². The Bertz CT molecular complexity index is 1570. The number of thiazole rings is 1. The number of ether oxygens (including phenoxy) is 1. The van der Waals surface area contributed by atoms with E-state index in [1.165, 1.54) is 24.0 Å². The van der Waals surface area contributed by atoms with Gasteiger partial charge < -0.3 is 32.9 Å². The van der Waals surface area contributed by atoms with Crippen LogP contribution in [0.3, 0.4) is 0 Å². The van der Waals surface area contributed by atoms with Crippen molar-refractivity contribution in [3.8, 4) is 17.3 Å². The van der Waals surface area contributed by atoms with Crippen molar-refractivity contribution in [2.45, 2.75) is 37.3 Å². The fraction of sp³-hybridized carbons (Fsp3) is 0.367. The minimum Gasteiger partial charge on any atom is -1.00 e. The number of nitriles is 1. The molecular weight excluding hydrogens is 647 g/mol. The van der Waals surface area contributed by atoms with E-state index in [9.17, 15) is 14.3 Å². The van der Waals surface area contributed by atoms with Crippen molar-refractivity contribution in [3.05, 3.63) is 75.6 Å². The van der Waals surface area contributed by atoms with Crippen molar-refractivity contribution >= 4 is 42.5 Å². The first-order valence-electron chi connectivity index (χ1n) is 13.9. The molecule has 1 saturated heterocycles. The number of amides is 1. The minimum atomic E-state index is -2.01. The summed E-state index contributed by atoms with van der Waals surface area (Å²) in [5.41, 5.74) is 5.43. The third-order valence-corrected chi connectivity index (χ3v) is 9.07. The number of carbonyl (C=O) groups excluding carboxylic acids is 1. The highest BCUT2D eigenvalue weighted by Crippen LogP contribution is 2.42. The van der Waals surface area contributed by atoms with E-state index in [1.54, 1.807) is 36.1 Å². The van der Waals surface area contributed by atoms with Gasteiger partial charge in [-0.05, 0) is 43.2 Å². The Morgan fingerprint density at radius 1 is 1.31 bits per heavy atom. The number of halogens is 4. The largest absolute Gasteiger partial charge is 1.00 e. The maximum atomic E-state index is 15.3. The van der Waals surface area contributed by atoms with Crippen LogP contribution in [-0.4, -0.2) is 77.2 Å². The second-order valence-electron chi connectivity index (χ2n) is 10.7. The maximum Gasteiger partial charge on any atom is 0.410 e. The lowest BCUT2D eigenvalue weighted by Crippen LogP contribution is -3.00. The van der Waals surface area contributed by atoms with Crippen LogP contribution in [0.2, 0.25) is 0 Å². The molecule has 0 aliphatic carbocycles. The lowest BCUT2D eigenvalue weighted by Gasteiger charge is -2.38. The molecule has 1 fully saturated rings. The van der Waals surface area contributed by atoms with Gasteiger partial charge in [0.05, 0.1) is 22.3 Å². The molecule has 2 aliphatic rings.